The number of nitrogens with zero attached hydrogens (tertiary/aromatic N) is 1. The number of ether oxygens (including phenoxy) is 1. The lowest BCUT2D eigenvalue weighted by molar-refractivity contribution is -0.128. The molecule has 3 N–H and O–H groups in total. The van der Waals surface area contributed by atoms with Crippen molar-refractivity contribution in [1.29, 1.82) is 0 Å². The lowest BCUT2D eigenvalue weighted by atomic mass is 9.73. The maximum Gasteiger partial charge on any atom is 0.475 e. The highest BCUT2D eigenvalue weighted by Gasteiger charge is 2.33. The van der Waals surface area contributed by atoms with Crippen molar-refractivity contribution >= 4 is 18.9 Å². The Hall–Kier alpha value is -2.06. The molecule has 134 valence electrons. The third kappa shape index (κ3) is 4.32. The van der Waals surface area contributed by atoms with Crippen molar-refractivity contribution in [3.05, 3.63) is 29.8 Å². The van der Waals surface area contributed by atoms with Gasteiger partial charge in [-0.3, -0.25) is 9.59 Å². The summed E-state index contributed by atoms with van der Waals surface area (Å²) in [4.78, 5) is 25.4. The van der Waals surface area contributed by atoms with Gasteiger partial charge in [0, 0.05) is 37.4 Å². The predicted octanol–water partition coefficient (Wildman–Crippen LogP) is 0.0620. The molecule has 1 fully saturated rings. The standard InChI is InChI=1S/C17H23BN2O5/c21-16(7-9-20-8-3-6-17(20)22)19-15(18(23)24)10-12-11-25-14-5-2-1-4-13(12)14/h1-2,4-5,12,15,23-24H,3,6-11H2,(H,19,21). The van der Waals surface area contributed by atoms with Gasteiger partial charge in [0.05, 0.1) is 12.5 Å². The summed E-state index contributed by atoms with van der Waals surface area (Å²) in [6.45, 7) is 1.52. The second kappa shape index (κ2) is 7.88. The highest BCUT2D eigenvalue weighted by molar-refractivity contribution is 6.43. The monoisotopic (exact) mass is 346 g/mol. The lowest BCUT2D eigenvalue weighted by Crippen LogP contribution is -2.48. The van der Waals surface area contributed by atoms with E-state index in [1.54, 1.807) is 4.90 Å². The van der Waals surface area contributed by atoms with Gasteiger partial charge in [-0.25, -0.2) is 0 Å². The van der Waals surface area contributed by atoms with Gasteiger partial charge in [0.2, 0.25) is 11.8 Å². The SMILES string of the molecule is O=C(CCN1CCCC1=O)NC(CC1COc2ccccc21)B(O)O. The minimum atomic E-state index is -1.65. The average Bonchev–Trinajstić information content (AvgIpc) is 3.19. The van der Waals surface area contributed by atoms with E-state index < -0.39 is 13.1 Å². The lowest BCUT2D eigenvalue weighted by Gasteiger charge is -2.22. The first kappa shape index (κ1) is 17.8. The first-order valence-electron chi connectivity index (χ1n) is 8.69. The zero-order chi connectivity index (χ0) is 17.8. The number of amides is 2. The number of nitrogens with one attached hydrogen (secondary N) is 1. The van der Waals surface area contributed by atoms with Crippen molar-refractivity contribution in [2.45, 2.75) is 37.5 Å². The number of para-hydroxylation sites is 1. The van der Waals surface area contributed by atoms with Crippen LogP contribution in [0.5, 0.6) is 5.75 Å². The molecule has 2 aliphatic heterocycles. The average molecular weight is 346 g/mol. The van der Waals surface area contributed by atoms with Crippen molar-refractivity contribution in [3.63, 3.8) is 0 Å². The Morgan fingerprint density at radius 3 is 2.92 bits per heavy atom. The second-order valence-electron chi connectivity index (χ2n) is 6.60. The van der Waals surface area contributed by atoms with Gasteiger partial charge in [-0.05, 0) is 18.9 Å². The normalized spacial score (nSPS) is 20.2. The van der Waals surface area contributed by atoms with Gasteiger partial charge in [-0.1, -0.05) is 18.2 Å². The summed E-state index contributed by atoms with van der Waals surface area (Å²) in [5.41, 5.74) is 1.02. The molecule has 2 unspecified atom stereocenters. The van der Waals surface area contributed by atoms with Crippen molar-refractivity contribution < 1.29 is 24.4 Å². The Kier molecular flexibility index (Phi) is 5.60. The van der Waals surface area contributed by atoms with Gasteiger partial charge >= 0.3 is 7.12 Å². The number of hydrogen-bond donors (Lipinski definition) is 3. The quantitative estimate of drug-likeness (QED) is 0.607. The molecule has 0 saturated carbocycles. The molecule has 0 aromatic heterocycles. The van der Waals surface area contributed by atoms with Crippen LogP contribution >= 0.6 is 0 Å². The molecule has 2 aliphatic rings. The number of fused-ring (bicyclic) bond motifs is 1. The summed E-state index contributed by atoms with van der Waals surface area (Å²) in [5, 5.41) is 21.9. The number of carbonyl (C=O) groups is 2. The molecule has 2 heterocycles. The minimum Gasteiger partial charge on any atom is -0.493 e. The van der Waals surface area contributed by atoms with Gasteiger partial charge in [0.15, 0.2) is 0 Å². The van der Waals surface area contributed by atoms with Crippen LogP contribution in [-0.4, -0.2) is 59.5 Å². The van der Waals surface area contributed by atoms with Gasteiger partial charge < -0.3 is 25.0 Å². The summed E-state index contributed by atoms with van der Waals surface area (Å²) >= 11 is 0. The second-order valence-corrected chi connectivity index (χ2v) is 6.60. The number of rotatable bonds is 7. The van der Waals surface area contributed by atoms with Crippen LogP contribution in [0, 0.1) is 0 Å². The van der Waals surface area contributed by atoms with Gasteiger partial charge in [-0.15, -0.1) is 0 Å². The summed E-state index contributed by atoms with van der Waals surface area (Å²) in [6.07, 6.45) is 1.91. The number of likely N-dealkylation sites (tertiary alicyclic amines) is 1. The van der Waals surface area contributed by atoms with Crippen LogP contribution in [0.1, 0.15) is 37.2 Å². The Morgan fingerprint density at radius 1 is 1.40 bits per heavy atom. The molecule has 1 saturated heterocycles. The largest absolute Gasteiger partial charge is 0.493 e. The fourth-order valence-corrected chi connectivity index (χ4v) is 3.44. The molecule has 7 nitrogen and oxygen atoms in total. The molecule has 0 spiro atoms. The molecule has 2 atom stereocenters. The van der Waals surface area contributed by atoms with Gasteiger partial charge in [-0.2, -0.15) is 0 Å². The highest BCUT2D eigenvalue weighted by Crippen LogP contribution is 2.36. The summed E-state index contributed by atoms with van der Waals surface area (Å²) in [7, 11) is -1.65. The highest BCUT2D eigenvalue weighted by atomic mass is 16.5. The van der Waals surface area contributed by atoms with Gasteiger partial charge in [0.25, 0.3) is 0 Å². The molecular weight excluding hydrogens is 323 g/mol. The van der Waals surface area contributed by atoms with E-state index in [2.05, 4.69) is 5.32 Å². The molecule has 0 radical (unpaired) electrons. The Bertz CT molecular complexity index is 639. The van der Waals surface area contributed by atoms with Crippen LogP contribution in [0.4, 0.5) is 0 Å². The molecule has 2 amide bonds. The summed E-state index contributed by atoms with van der Waals surface area (Å²) in [6, 6.07) is 7.64. The van der Waals surface area contributed by atoms with Crippen molar-refractivity contribution in [2.75, 3.05) is 19.7 Å². The van der Waals surface area contributed by atoms with Crippen LogP contribution < -0.4 is 10.1 Å². The molecule has 8 heteroatoms. The van der Waals surface area contributed by atoms with Crippen molar-refractivity contribution in [2.24, 2.45) is 0 Å². The van der Waals surface area contributed by atoms with E-state index in [1.807, 2.05) is 24.3 Å². The van der Waals surface area contributed by atoms with E-state index in [1.165, 1.54) is 0 Å². The zero-order valence-corrected chi connectivity index (χ0v) is 14.1. The fraction of sp³-hybridized carbons (Fsp3) is 0.529. The van der Waals surface area contributed by atoms with E-state index in [4.69, 9.17) is 4.74 Å². The Morgan fingerprint density at radius 2 is 2.20 bits per heavy atom. The molecule has 0 bridgehead atoms. The molecular formula is C17H23BN2O5. The number of benzene rings is 1. The molecule has 0 aliphatic carbocycles. The van der Waals surface area contributed by atoms with Crippen LogP contribution in [0.15, 0.2) is 24.3 Å². The van der Waals surface area contributed by atoms with Crippen molar-refractivity contribution in [3.8, 4) is 5.75 Å². The van der Waals surface area contributed by atoms with E-state index in [0.717, 1.165) is 17.7 Å². The number of carbonyl (C=O) groups excluding carboxylic acids is 2. The van der Waals surface area contributed by atoms with Crippen LogP contribution in [0.2, 0.25) is 0 Å². The van der Waals surface area contributed by atoms with E-state index in [-0.39, 0.29) is 24.2 Å². The van der Waals surface area contributed by atoms with E-state index >= 15 is 0 Å². The first-order chi connectivity index (χ1) is 12.0. The maximum atomic E-state index is 12.1. The van der Waals surface area contributed by atoms with Crippen LogP contribution in [-0.2, 0) is 9.59 Å². The Labute approximate surface area is 147 Å². The predicted molar refractivity (Wildman–Crippen MR) is 91.8 cm³/mol. The summed E-state index contributed by atoms with van der Waals surface area (Å²) < 4.78 is 5.60. The molecule has 25 heavy (non-hydrogen) atoms. The smallest absolute Gasteiger partial charge is 0.475 e. The molecule has 3 rings (SSSR count). The minimum absolute atomic E-state index is 0.00320. The molecule has 1 aromatic rings. The zero-order valence-electron chi connectivity index (χ0n) is 14.1. The van der Waals surface area contributed by atoms with E-state index in [0.29, 0.717) is 32.5 Å². The first-order valence-corrected chi connectivity index (χ1v) is 8.69. The number of hydrogen-bond acceptors (Lipinski definition) is 5. The Balaban J connectivity index is 1.53. The fourth-order valence-electron chi connectivity index (χ4n) is 3.44. The summed E-state index contributed by atoms with van der Waals surface area (Å²) in [5.74, 6) is -0.182. The van der Waals surface area contributed by atoms with Crippen LogP contribution in [0.25, 0.3) is 0 Å². The van der Waals surface area contributed by atoms with E-state index in [9.17, 15) is 19.6 Å². The van der Waals surface area contributed by atoms with Gasteiger partial charge in [0.1, 0.15) is 5.75 Å². The van der Waals surface area contributed by atoms with Crippen LogP contribution in [0.3, 0.4) is 0 Å². The topological polar surface area (TPSA) is 99.1 Å². The third-order valence-electron chi connectivity index (χ3n) is 4.82. The maximum absolute atomic E-state index is 12.1. The van der Waals surface area contributed by atoms with Crippen molar-refractivity contribution in [1.82, 2.24) is 10.2 Å². The third-order valence-corrected chi connectivity index (χ3v) is 4.82. The molecule has 1 aromatic carbocycles.